The molecule has 0 aliphatic heterocycles. The summed E-state index contributed by atoms with van der Waals surface area (Å²) in [5.41, 5.74) is 3.29. The van der Waals surface area contributed by atoms with Gasteiger partial charge in [0.25, 0.3) is 5.91 Å². The molecule has 9 heteroatoms. The molecule has 5 aromatic rings. The van der Waals surface area contributed by atoms with Gasteiger partial charge in [0, 0.05) is 0 Å². The van der Waals surface area contributed by atoms with Gasteiger partial charge in [0.15, 0.2) is 16.6 Å². The van der Waals surface area contributed by atoms with E-state index < -0.39 is 0 Å². The van der Waals surface area contributed by atoms with Crippen LogP contribution in [0.15, 0.2) is 93.2 Å². The third-order valence-corrected chi connectivity index (χ3v) is 6.30. The van der Waals surface area contributed by atoms with E-state index in [1.54, 1.807) is 6.26 Å². The molecular formula is C26H23N5O3S. The van der Waals surface area contributed by atoms with Crippen LogP contribution in [0.4, 0.5) is 0 Å². The van der Waals surface area contributed by atoms with Gasteiger partial charge in [0.1, 0.15) is 6.26 Å². The minimum Gasteiger partial charge on any atom is -0.461 e. The number of furan rings is 1. The molecule has 1 amide bonds. The number of nitrogens with one attached hydrogen (secondary N) is 1. The van der Waals surface area contributed by atoms with E-state index >= 15 is 0 Å². The van der Waals surface area contributed by atoms with Crippen molar-refractivity contribution in [1.82, 2.24) is 25.1 Å². The molecule has 0 saturated heterocycles. The number of amides is 1. The van der Waals surface area contributed by atoms with Crippen LogP contribution in [0.5, 0.6) is 0 Å². The van der Waals surface area contributed by atoms with Gasteiger partial charge in [-0.25, -0.2) is 4.98 Å². The molecule has 2 aromatic carbocycles. The summed E-state index contributed by atoms with van der Waals surface area (Å²) in [7, 11) is 0. The molecular weight excluding hydrogens is 462 g/mol. The van der Waals surface area contributed by atoms with Crippen molar-refractivity contribution in [3.63, 3.8) is 0 Å². The highest BCUT2D eigenvalue weighted by molar-refractivity contribution is 7.98. The Morgan fingerprint density at radius 2 is 1.91 bits per heavy atom. The summed E-state index contributed by atoms with van der Waals surface area (Å²) < 4.78 is 13.1. The second kappa shape index (κ2) is 10.0. The zero-order valence-corrected chi connectivity index (χ0v) is 20.0. The molecule has 0 fully saturated rings. The van der Waals surface area contributed by atoms with Crippen molar-refractivity contribution in [2.24, 2.45) is 0 Å². The molecule has 1 unspecified atom stereocenters. The molecule has 0 aliphatic carbocycles. The summed E-state index contributed by atoms with van der Waals surface area (Å²) in [4.78, 5) is 17.0. The van der Waals surface area contributed by atoms with E-state index in [2.05, 4.69) is 26.6 Å². The first-order valence-electron chi connectivity index (χ1n) is 11.1. The fourth-order valence-corrected chi connectivity index (χ4v) is 4.44. The number of oxazole rings is 1. The lowest BCUT2D eigenvalue weighted by molar-refractivity contribution is 0.0934. The molecule has 0 radical (unpaired) electrons. The first-order valence-corrected chi connectivity index (χ1v) is 12.1. The molecule has 0 bridgehead atoms. The molecule has 8 nitrogen and oxygen atoms in total. The lowest BCUT2D eigenvalue weighted by Gasteiger charge is -2.12. The van der Waals surface area contributed by atoms with Crippen LogP contribution in [-0.4, -0.2) is 25.7 Å². The van der Waals surface area contributed by atoms with Crippen molar-refractivity contribution < 1.29 is 13.6 Å². The van der Waals surface area contributed by atoms with Crippen molar-refractivity contribution >= 4 is 17.7 Å². The Hall–Kier alpha value is -4.11. The zero-order chi connectivity index (χ0) is 24.2. The van der Waals surface area contributed by atoms with Gasteiger partial charge in [-0.15, -0.1) is 10.2 Å². The second-order valence-corrected chi connectivity index (χ2v) is 8.92. The van der Waals surface area contributed by atoms with Crippen LogP contribution in [0.1, 0.15) is 40.5 Å². The van der Waals surface area contributed by atoms with Gasteiger partial charge in [0.2, 0.25) is 11.7 Å². The van der Waals surface area contributed by atoms with Crippen LogP contribution in [0.25, 0.3) is 17.3 Å². The number of aromatic nitrogens is 4. The third-order valence-electron chi connectivity index (χ3n) is 5.39. The number of benzene rings is 2. The number of hydrogen-bond donors (Lipinski definition) is 1. The van der Waals surface area contributed by atoms with Crippen LogP contribution < -0.4 is 5.32 Å². The van der Waals surface area contributed by atoms with Gasteiger partial charge in [-0.1, -0.05) is 54.2 Å². The molecule has 35 heavy (non-hydrogen) atoms. The number of carbonyl (C=O) groups excluding carboxylic acids is 1. The minimum atomic E-state index is -0.288. The van der Waals surface area contributed by atoms with E-state index in [-0.39, 0.29) is 17.6 Å². The first kappa shape index (κ1) is 22.7. The van der Waals surface area contributed by atoms with Crippen LogP contribution in [0.3, 0.4) is 0 Å². The molecule has 1 N–H and O–H groups in total. The lowest BCUT2D eigenvalue weighted by atomic mass is 10.1. The first-order chi connectivity index (χ1) is 17.1. The fourth-order valence-electron chi connectivity index (χ4n) is 3.63. The van der Waals surface area contributed by atoms with Crippen LogP contribution >= 0.6 is 11.8 Å². The largest absolute Gasteiger partial charge is 0.461 e. The fraction of sp³-hybridized carbons (Fsp3) is 0.154. The highest BCUT2D eigenvalue weighted by Crippen LogP contribution is 2.30. The van der Waals surface area contributed by atoms with Gasteiger partial charge in [-0.05, 0) is 49.2 Å². The molecule has 0 saturated carbocycles. The predicted octanol–water partition coefficient (Wildman–Crippen LogP) is 5.61. The van der Waals surface area contributed by atoms with E-state index in [0.717, 1.165) is 16.8 Å². The Kier molecular flexibility index (Phi) is 6.49. The van der Waals surface area contributed by atoms with Crippen molar-refractivity contribution in [2.45, 2.75) is 30.8 Å². The second-order valence-electron chi connectivity index (χ2n) is 7.98. The van der Waals surface area contributed by atoms with Crippen LogP contribution in [0, 0.1) is 6.92 Å². The molecule has 5 rings (SSSR count). The van der Waals surface area contributed by atoms with Gasteiger partial charge >= 0.3 is 0 Å². The van der Waals surface area contributed by atoms with Gasteiger partial charge in [-0.2, -0.15) is 0 Å². The highest BCUT2D eigenvalue weighted by atomic mass is 32.2. The highest BCUT2D eigenvalue weighted by Gasteiger charge is 2.20. The summed E-state index contributed by atoms with van der Waals surface area (Å²) >= 11 is 1.41. The molecule has 0 spiro atoms. The maximum atomic E-state index is 12.6. The SMILES string of the molecule is Cc1cccc(-n2c(SCc3nc(C(=O)NC(C)c4ccccc4)co3)nnc2-c2ccco2)c1. The normalized spacial score (nSPS) is 11.9. The van der Waals surface area contributed by atoms with E-state index in [1.165, 1.54) is 18.0 Å². The average molecular weight is 486 g/mol. The number of hydrogen-bond acceptors (Lipinski definition) is 7. The summed E-state index contributed by atoms with van der Waals surface area (Å²) in [6, 6.07) is 21.3. The van der Waals surface area contributed by atoms with Gasteiger partial charge in [-0.3, -0.25) is 9.36 Å². The Bertz CT molecular complexity index is 1430. The summed E-state index contributed by atoms with van der Waals surface area (Å²) in [6.07, 6.45) is 2.98. The average Bonchev–Trinajstić information content (AvgIpc) is 3.64. The van der Waals surface area contributed by atoms with Gasteiger partial charge < -0.3 is 14.2 Å². The molecule has 176 valence electrons. The molecule has 3 aromatic heterocycles. The smallest absolute Gasteiger partial charge is 0.273 e. The lowest BCUT2D eigenvalue weighted by Crippen LogP contribution is -2.26. The molecule has 0 aliphatic rings. The molecule has 1 atom stereocenters. The van der Waals surface area contributed by atoms with E-state index in [9.17, 15) is 4.79 Å². The topological polar surface area (TPSA) is 99.0 Å². The van der Waals surface area contributed by atoms with Gasteiger partial charge in [0.05, 0.1) is 23.7 Å². The van der Waals surface area contributed by atoms with Crippen molar-refractivity contribution in [3.8, 4) is 17.3 Å². The maximum Gasteiger partial charge on any atom is 0.273 e. The summed E-state index contributed by atoms with van der Waals surface area (Å²) in [6.45, 7) is 3.96. The third kappa shape index (κ3) is 5.04. The standard InChI is InChI=1S/C26H23N5O3S/c1-17-8-6-11-20(14-17)31-24(22-12-7-13-33-22)29-30-26(31)35-16-23-28-21(15-34-23)25(32)27-18(2)19-9-4-3-5-10-19/h3-15,18H,16H2,1-2H3,(H,27,32). The van der Waals surface area contributed by atoms with Crippen molar-refractivity contribution in [3.05, 3.63) is 102 Å². The minimum absolute atomic E-state index is 0.147. The predicted molar refractivity (Wildman–Crippen MR) is 132 cm³/mol. The summed E-state index contributed by atoms with van der Waals surface area (Å²) in [5, 5.41) is 12.3. The van der Waals surface area contributed by atoms with Crippen LogP contribution in [-0.2, 0) is 5.75 Å². The number of nitrogens with zero attached hydrogens (tertiary/aromatic N) is 4. The monoisotopic (exact) mass is 485 g/mol. The summed E-state index contributed by atoms with van der Waals surface area (Å²) in [5.74, 6) is 1.73. The molecule has 3 heterocycles. The Labute approximate surface area is 206 Å². The maximum absolute atomic E-state index is 12.6. The number of rotatable bonds is 8. The van der Waals surface area contributed by atoms with E-state index in [1.807, 2.05) is 79.1 Å². The Balaban J connectivity index is 1.32. The van der Waals surface area contributed by atoms with E-state index in [0.29, 0.717) is 28.4 Å². The Morgan fingerprint density at radius 1 is 1.06 bits per heavy atom. The number of thioether (sulfide) groups is 1. The quantitative estimate of drug-likeness (QED) is 0.285. The van der Waals surface area contributed by atoms with Crippen LogP contribution in [0.2, 0.25) is 0 Å². The zero-order valence-electron chi connectivity index (χ0n) is 19.2. The number of aryl methyl sites for hydroxylation is 1. The van der Waals surface area contributed by atoms with E-state index in [4.69, 9.17) is 8.83 Å². The Morgan fingerprint density at radius 3 is 2.69 bits per heavy atom. The van der Waals surface area contributed by atoms with Crippen molar-refractivity contribution in [2.75, 3.05) is 0 Å². The number of carbonyl (C=O) groups is 1. The van der Waals surface area contributed by atoms with Crippen molar-refractivity contribution in [1.29, 1.82) is 0 Å².